The van der Waals surface area contributed by atoms with E-state index in [2.05, 4.69) is 10.3 Å². The Morgan fingerprint density at radius 2 is 2.44 bits per heavy atom. The van der Waals surface area contributed by atoms with Crippen molar-refractivity contribution >= 4 is 29.3 Å². The minimum absolute atomic E-state index is 0.326. The Morgan fingerprint density at radius 3 is 2.94 bits per heavy atom. The lowest BCUT2D eigenvalue weighted by atomic mass is 10.3. The van der Waals surface area contributed by atoms with Gasteiger partial charge in [-0.15, -0.1) is 11.8 Å². The zero-order valence-electron chi connectivity index (χ0n) is 8.94. The first-order chi connectivity index (χ1) is 7.63. The maximum Gasteiger partial charge on any atom is 0.235 e. The molecule has 1 aromatic rings. The van der Waals surface area contributed by atoms with Gasteiger partial charge in [0.15, 0.2) is 0 Å². The summed E-state index contributed by atoms with van der Waals surface area (Å²) in [6.07, 6.45) is 1.58. The second-order valence-corrected chi connectivity index (χ2v) is 4.62. The molecule has 0 radical (unpaired) electrons. The van der Waals surface area contributed by atoms with Crippen molar-refractivity contribution in [3.63, 3.8) is 0 Å². The summed E-state index contributed by atoms with van der Waals surface area (Å²) in [5.41, 5.74) is 5.25. The van der Waals surface area contributed by atoms with Gasteiger partial charge in [0, 0.05) is 11.9 Å². The highest BCUT2D eigenvalue weighted by Gasteiger charge is 2.13. The van der Waals surface area contributed by atoms with E-state index in [1.807, 2.05) is 13.0 Å². The van der Waals surface area contributed by atoms with Gasteiger partial charge in [0.05, 0.1) is 16.1 Å². The van der Waals surface area contributed by atoms with Crippen LogP contribution in [0.2, 0.25) is 5.02 Å². The molecule has 1 atom stereocenters. The van der Waals surface area contributed by atoms with Crippen LogP contribution in [0.5, 0.6) is 0 Å². The number of nitrogens with zero attached hydrogens (tertiary/aromatic N) is 1. The molecule has 0 spiro atoms. The topological polar surface area (TPSA) is 68.0 Å². The fourth-order valence-corrected chi connectivity index (χ4v) is 2.13. The van der Waals surface area contributed by atoms with E-state index in [-0.39, 0.29) is 11.9 Å². The molecule has 4 nitrogen and oxygen atoms in total. The summed E-state index contributed by atoms with van der Waals surface area (Å²) < 4.78 is 0. The monoisotopic (exact) mass is 259 g/mol. The molecule has 88 valence electrons. The summed E-state index contributed by atoms with van der Waals surface area (Å²) in [6.45, 7) is 2.64. The lowest BCUT2D eigenvalue weighted by molar-refractivity contribution is -0.119. The molecule has 1 amide bonds. The molecular weight excluding hydrogens is 246 g/mol. The third-order valence-electron chi connectivity index (χ3n) is 1.89. The van der Waals surface area contributed by atoms with Crippen molar-refractivity contribution in [1.29, 1.82) is 0 Å². The number of amides is 1. The van der Waals surface area contributed by atoms with Gasteiger partial charge in [0.1, 0.15) is 0 Å². The number of halogens is 1. The molecule has 0 aliphatic heterocycles. The Balaban J connectivity index is 2.48. The maximum atomic E-state index is 11.1. The first-order valence-corrected chi connectivity index (χ1v) is 6.27. The molecular formula is C10H14ClN3OS. The van der Waals surface area contributed by atoms with Crippen LogP contribution >= 0.6 is 23.4 Å². The summed E-state index contributed by atoms with van der Waals surface area (Å²) in [6, 6.07) is 3.26. The fourth-order valence-electron chi connectivity index (χ4n) is 1.10. The molecule has 0 fully saturated rings. The number of aromatic nitrogens is 1. The summed E-state index contributed by atoms with van der Waals surface area (Å²) in [5.74, 6) is 0.223. The van der Waals surface area contributed by atoms with E-state index in [4.69, 9.17) is 17.3 Å². The van der Waals surface area contributed by atoms with Crippen LogP contribution in [0, 0.1) is 0 Å². The molecule has 6 heteroatoms. The average molecular weight is 260 g/mol. The van der Waals surface area contributed by atoms with E-state index in [0.29, 0.717) is 17.3 Å². The largest absolute Gasteiger partial charge is 0.368 e. The van der Waals surface area contributed by atoms with E-state index in [9.17, 15) is 4.79 Å². The molecule has 1 aromatic heterocycles. The molecule has 1 unspecified atom stereocenters. The van der Waals surface area contributed by atoms with Gasteiger partial charge in [-0.05, 0) is 18.7 Å². The summed E-state index contributed by atoms with van der Waals surface area (Å²) >= 11 is 7.19. The Hall–Kier alpha value is -0.780. The zero-order valence-corrected chi connectivity index (χ0v) is 10.5. The second kappa shape index (κ2) is 6.73. The quantitative estimate of drug-likeness (QED) is 0.756. The smallest absolute Gasteiger partial charge is 0.235 e. The zero-order chi connectivity index (χ0) is 12.0. The van der Waals surface area contributed by atoms with Gasteiger partial charge in [0.25, 0.3) is 0 Å². The lowest BCUT2D eigenvalue weighted by Gasteiger charge is -2.12. The van der Waals surface area contributed by atoms with Crippen LogP contribution in [0.25, 0.3) is 0 Å². The third kappa shape index (κ3) is 4.38. The number of nitrogens with two attached hydrogens (primary N) is 1. The van der Waals surface area contributed by atoms with Crippen LogP contribution in [0.3, 0.4) is 0 Å². The Bertz CT molecular complexity index is 344. The van der Waals surface area contributed by atoms with Crippen LogP contribution in [0.15, 0.2) is 23.4 Å². The normalized spacial score (nSPS) is 12.4. The number of carbonyl (C=O) groups excluding carboxylic acids is 1. The third-order valence-corrected chi connectivity index (χ3v) is 3.15. The van der Waals surface area contributed by atoms with E-state index in [1.54, 1.807) is 12.3 Å². The number of hydrogen-bond donors (Lipinski definition) is 2. The van der Waals surface area contributed by atoms with Gasteiger partial charge < -0.3 is 11.1 Å². The molecule has 0 aromatic carbocycles. The number of nitrogens with one attached hydrogen (secondary N) is 1. The number of thioether (sulfide) groups is 1. The number of hydrogen-bond acceptors (Lipinski definition) is 4. The van der Waals surface area contributed by atoms with Crippen LogP contribution in [-0.4, -0.2) is 29.2 Å². The van der Waals surface area contributed by atoms with Crippen molar-refractivity contribution in [3.8, 4) is 0 Å². The first-order valence-electron chi connectivity index (χ1n) is 4.90. The predicted octanol–water partition coefficient (Wildman–Crippen LogP) is 1.29. The molecule has 0 saturated heterocycles. The molecule has 0 aliphatic carbocycles. The van der Waals surface area contributed by atoms with Crippen LogP contribution in [0.1, 0.15) is 6.92 Å². The number of likely N-dealkylation sites (N-methyl/N-ethyl adjacent to an activating group) is 1. The highest BCUT2D eigenvalue weighted by atomic mass is 35.5. The van der Waals surface area contributed by atoms with Crippen LogP contribution in [-0.2, 0) is 4.79 Å². The van der Waals surface area contributed by atoms with Gasteiger partial charge >= 0.3 is 0 Å². The molecule has 1 heterocycles. The SMILES string of the molecule is CCNC(CSc1ccc(Cl)cn1)C(N)=O. The van der Waals surface area contributed by atoms with Crippen LogP contribution < -0.4 is 11.1 Å². The second-order valence-electron chi connectivity index (χ2n) is 3.14. The van der Waals surface area contributed by atoms with E-state index >= 15 is 0 Å². The average Bonchev–Trinajstić information content (AvgIpc) is 2.26. The van der Waals surface area contributed by atoms with E-state index in [1.165, 1.54) is 11.8 Å². The Labute approximate surface area is 104 Å². The minimum Gasteiger partial charge on any atom is -0.368 e. The summed E-state index contributed by atoms with van der Waals surface area (Å²) in [7, 11) is 0. The fraction of sp³-hybridized carbons (Fsp3) is 0.400. The maximum absolute atomic E-state index is 11.1. The Kier molecular flexibility index (Phi) is 5.59. The minimum atomic E-state index is -0.344. The Morgan fingerprint density at radius 1 is 1.69 bits per heavy atom. The molecule has 0 bridgehead atoms. The molecule has 0 saturated carbocycles. The highest BCUT2D eigenvalue weighted by Crippen LogP contribution is 2.17. The first kappa shape index (κ1) is 13.3. The molecule has 16 heavy (non-hydrogen) atoms. The van der Waals surface area contributed by atoms with Gasteiger partial charge in [-0.2, -0.15) is 0 Å². The number of rotatable bonds is 6. The number of primary amides is 1. The van der Waals surface area contributed by atoms with Gasteiger partial charge in [0.2, 0.25) is 5.91 Å². The van der Waals surface area contributed by atoms with Crippen molar-refractivity contribution in [3.05, 3.63) is 23.4 Å². The van der Waals surface area contributed by atoms with Crippen molar-refractivity contribution in [2.75, 3.05) is 12.3 Å². The predicted molar refractivity (Wildman–Crippen MR) is 66.6 cm³/mol. The summed E-state index contributed by atoms with van der Waals surface area (Å²) in [4.78, 5) is 15.2. The highest BCUT2D eigenvalue weighted by molar-refractivity contribution is 7.99. The van der Waals surface area contributed by atoms with E-state index < -0.39 is 0 Å². The molecule has 3 N–H and O–H groups in total. The standard InChI is InChI=1S/C10H14ClN3OS/c1-2-13-8(10(12)15)6-16-9-4-3-7(11)5-14-9/h3-5,8,13H,2,6H2,1H3,(H2,12,15). The number of pyridine rings is 1. The lowest BCUT2D eigenvalue weighted by Crippen LogP contribution is -2.43. The van der Waals surface area contributed by atoms with E-state index in [0.717, 1.165) is 5.03 Å². The molecule has 0 aliphatic rings. The van der Waals surface area contributed by atoms with Gasteiger partial charge in [-0.25, -0.2) is 4.98 Å². The number of carbonyl (C=O) groups is 1. The van der Waals surface area contributed by atoms with Gasteiger partial charge in [-0.3, -0.25) is 4.79 Å². The summed E-state index contributed by atoms with van der Waals surface area (Å²) in [5, 5.41) is 4.44. The van der Waals surface area contributed by atoms with Crippen molar-refractivity contribution in [2.24, 2.45) is 5.73 Å². The molecule has 1 rings (SSSR count). The van der Waals surface area contributed by atoms with Gasteiger partial charge in [-0.1, -0.05) is 18.5 Å². The van der Waals surface area contributed by atoms with Crippen molar-refractivity contribution < 1.29 is 4.79 Å². The van der Waals surface area contributed by atoms with Crippen molar-refractivity contribution in [2.45, 2.75) is 18.0 Å². The van der Waals surface area contributed by atoms with Crippen LogP contribution in [0.4, 0.5) is 0 Å². The van der Waals surface area contributed by atoms with Crippen molar-refractivity contribution in [1.82, 2.24) is 10.3 Å².